The molecule has 0 saturated heterocycles. The molecule has 0 radical (unpaired) electrons. The maximum absolute atomic E-state index is 12.5. The van der Waals surface area contributed by atoms with Gasteiger partial charge in [-0.3, -0.25) is 0 Å². The number of fused-ring (bicyclic) bond motifs is 1. The number of amides is 2. The van der Waals surface area contributed by atoms with Crippen molar-refractivity contribution in [2.75, 3.05) is 6.79 Å². The number of benzene rings is 1. The standard InChI is InChI=1S/C17H18N2O3S/c20-17(19(13-4-5-13)10-14-2-1-7-23-14)18-9-12-3-6-15-16(8-12)22-11-21-15/h1-3,6-8,13H,4-5,9-11H2,(H,18,20). The van der Waals surface area contributed by atoms with E-state index >= 15 is 0 Å². The molecule has 23 heavy (non-hydrogen) atoms. The molecular weight excluding hydrogens is 312 g/mol. The molecule has 1 saturated carbocycles. The maximum Gasteiger partial charge on any atom is 0.318 e. The van der Waals surface area contributed by atoms with Crippen molar-refractivity contribution in [2.45, 2.75) is 32.0 Å². The molecular formula is C17H18N2O3S. The van der Waals surface area contributed by atoms with E-state index in [2.05, 4.69) is 11.4 Å². The summed E-state index contributed by atoms with van der Waals surface area (Å²) in [6.07, 6.45) is 2.20. The number of nitrogens with one attached hydrogen (secondary N) is 1. The van der Waals surface area contributed by atoms with Gasteiger partial charge in [0.1, 0.15) is 0 Å². The van der Waals surface area contributed by atoms with Crippen LogP contribution in [0.25, 0.3) is 0 Å². The first-order valence-corrected chi connectivity index (χ1v) is 8.63. The van der Waals surface area contributed by atoms with E-state index in [-0.39, 0.29) is 12.8 Å². The van der Waals surface area contributed by atoms with Crippen LogP contribution in [0.15, 0.2) is 35.7 Å². The van der Waals surface area contributed by atoms with Crippen LogP contribution in [0.4, 0.5) is 4.79 Å². The van der Waals surface area contributed by atoms with E-state index in [1.54, 1.807) is 11.3 Å². The quantitative estimate of drug-likeness (QED) is 0.915. The Balaban J connectivity index is 1.38. The average Bonchev–Trinajstić information content (AvgIpc) is 3.08. The Labute approximate surface area is 138 Å². The topological polar surface area (TPSA) is 50.8 Å². The van der Waals surface area contributed by atoms with Gasteiger partial charge in [-0.15, -0.1) is 11.3 Å². The van der Waals surface area contributed by atoms with Crippen molar-refractivity contribution >= 4 is 17.4 Å². The van der Waals surface area contributed by atoms with Gasteiger partial charge in [-0.05, 0) is 42.0 Å². The largest absolute Gasteiger partial charge is 0.454 e. The monoisotopic (exact) mass is 330 g/mol. The highest BCUT2D eigenvalue weighted by Crippen LogP contribution is 2.32. The molecule has 1 aliphatic heterocycles. The van der Waals surface area contributed by atoms with Crippen molar-refractivity contribution in [3.8, 4) is 11.5 Å². The molecule has 0 bridgehead atoms. The maximum atomic E-state index is 12.5. The van der Waals surface area contributed by atoms with Gasteiger partial charge >= 0.3 is 6.03 Å². The van der Waals surface area contributed by atoms with Gasteiger partial charge in [0.05, 0.1) is 6.54 Å². The lowest BCUT2D eigenvalue weighted by Crippen LogP contribution is -2.40. The van der Waals surface area contributed by atoms with Gasteiger partial charge < -0.3 is 19.7 Å². The molecule has 1 aromatic heterocycles. The lowest BCUT2D eigenvalue weighted by Gasteiger charge is -2.22. The van der Waals surface area contributed by atoms with E-state index in [1.807, 2.05) is 34.5 Å². The highest BCUT2D eigenvalue weighted by atomic mass is 32.1. The normalized spacial score (nSPS) is 15.5. The van der Waals surface area contributed by atoms with Crippen LogP contribution in [0.1, 0.15) is 23.3 Å². The van der Waals surface area contributed by atoms with Crippen LogP contribution in [-0.4, -0.2) is 23.8 Å². The molecule has 6 heteroatoms. The van der Waals surface area contributed by atoms with Gasteiger partial charge in [0.25, 0.3) is 0 Å². The van der Waals surface area contributed by atoms with E-state index < -0.39 is 0 Å². The minimum Gasteiger partial charge on any atom is -0.454 e. The first kappa shape index (κ1) is 14.4. The molecule has 1 N–H and O–H groups in total. The molecule has 2 heterocycles. The second-order valence-corrected chi connectivity index (χ2v) is 6.82. The Kier molecular flexibility index (Phi) is 3.83. The molecule has 0 spiro atoms. The van der Waals surface area contributed by atoms with Crippen LogP contribution in [0.2, 0.25) is 0 Å². The fraction of sp³-hybridized carbons (Fsp3) is 0.353. The Morgan fingerprint density at radius 2 is 2.13 bits per heavy atom. The number of nitrogens with zero attached hydrogens (tertiary/aromatic N) is 1. The fourth-order valence-corrected chi connectivity index (χ4v) is 3.36. The predicted molar refractivity (Wildman–Crippen MR) is 87.7 cm³/mol. The van der Waals surface area contributed by atoms with E-state index in [0.29, 0.717) is 19.1 Å². The Bertz CT molecular complexity index is 698. The molecule has 1 fully saturated rings. The third-order valence-electron chi connectivity index (χ3n) is 4.04. The van der Waals surface area contributed by atoms with E-state index in [9.17, 15) is 4.79 Å². The first-order chi connectivity index (χ1) is 11.3. The minimum atomic E-state index is -0.00133. The molecule has 5 nitrogen and oxygen atoms in total. The smallest absolute Gasteiger partial charge is 0.318 e. The van der Waals surface area contributed by atoms with Gasteiger partial charge in [-0.1, -0.05) is 12.1 Å². The summed E-state index contributed by atoms with van der Waals surface area (Å²) >= 11 is 1.69. The Morgan fingerprint density at radius 3 is 2.91 bits per heavy atom. The number of carbonyl (C=O) groups is 1. The highest BCUT2D eigenvalue weighted by Gasteiger charge is 2.32. The zero-order valence-electron chi connectivity index (χ0n) is 12.7. The number of urea groups is 1. The summed E-state index contributed by atoms with van der Waals surface area (Å²) in [5.74, 6) is 1.51. The average molecular weight is 330 g/mol. The van der Waals surface area contributed by atoms with Gasteiger partial charge in [0.15, 0.2) is 11.5 Å². The molecule has 4 rings (SSSR count). The molecule has 120 valence electrons. The Hall–Kier alpha value is -2.21. The van der Waals surface area contributed by atoms with Crippen LogP contribution < -0.4 is 14.8 Å². The first-order valence-electron chi connectivity index (χ1n) is 7.75. The van der Waals surface area contributed by atoms with Crippen LogP contribution in [0, 0.1) is 0 Å². The lowest BCUT2D eigenvalue weighted by atomic mass is 10.2. The number of hydrogen-bond donors (Lipinski definition) is 1. The molecule has 0 atom stereocenters. The van der Waals surface area contributed by atoms with Crippen LogP contribution in [0.5, 0.6) is 11.5 Å². The number of carbonyl (C=O) groups excluding carboxylic acids is 1. The number of hydrogen-bond acceptors (Lipinski definition) is 4. The molecule has 2 aromatic rings. The summed E-state index contributed by atoms with van der Waals surface area (Å²) < 4.78 is 10.7. The van der Waals surface area contributed by atoms with Crippen LogP contribution in [-0.2, 0) is 13.1 Å². The lowest BCUT2D eigenvalue weighted by molar-refractivity contribution is 0.174. The number of rotatable bonds is 5. The van der Waals surface area contributed by atoms with Crippen LogP contribution in [0.3, 0.4) is 0 Å². The van der Waals surface area contributed by atoms with Gasteiger partial charge in [0.2, 0.25) is 6.79 Å². The summed E-state index contributed by atoms with van der Waals surface area (Å²) in [7, 11) is 0. The second kappa shape index (κ2) is 6.12. The van der Waals surface area contributed by atoms with Gasteiger partial charge in [-0.25, -0.2) is 4.79 Å². The summed E-state index contributed by atoms with van der Waals surface area (Å²) in [6.45, 7) is 1.44. The molecule has 0 unspecified atom stereocenters. The molecule has 1 aliphatic carbocycles. The van der Waals surface area contributed by atoms with Crippen molar-refractivity contribution in [3.05, 3.63) is 46.2 Å². The van der Waals surface area contributed by atoms with Gasteiger partial charge in [-0.2, -0.15) is 0 Å². The minimum absolute atomic E-state index is 0.00133. The summed E-state index contributed by atoms with van der Waals surface area (Å²) in [5, 5.41) is 5.07. The van der Waals surface area contributed by atoms with Crippen LogP contribution >= 0.6 is 11.3 Å². The third-order valence-corrected chi connectivity index (χ3v) is 4.90. The van der Waals surface area contributed by atoms with Crippen molar-refractivity contribution in [1.29, 1.82) is 0 Å². The van der Waals surface area contributed by atoms with Crippen molar-refractivity contribution < 1.29 is 14.3 Å². The number of thiophene rings is 1. The zero-order valence-corrected chi connectivity index (χ0v) is 13.5. The van der Waals surface area contributed by atoms with Crippen molar-refractivity contribution in [2.24, 2.45) is 0 Å². The van der Waals surface area contributed by atoms with E-state index in [4.69, 9.17) is 9.47 Å². The number of ether oxygens (including phenoxy) is 2. The van der Waals surface area contributed by atoms with Gasteiger partial charge in [0, 0.05) is 17.5 Å². The van der Waals surface area contributed by atoms with Crippen molar-refractivity contribution in [3.63, 3.8) is 0 Å². The molecule has 1 aromatic carbocycles. The van der Waals surface area contributed by atoms with E-state index in [0.717, 1.165) is 29.9 Å². The second-order valence-electron chi connectivity index (χ2n) is 5.78. The third kappa shape index (κ3) is 3.27. The highest BCUT2D eigenvalue weighted by molar-refractivity contribution is 7.09. The fourth-order valence-electron chi connectivity index (χ4n) is 2.65. The molecule has 2 amide bonds. The summed E-state index contributed by atoms with van der Waals surface area (Å²) in [4.78, 5) is 15.7. The SMILES string of the molecule is O=C(NCc1ccc2c(c1)OCO2)N(Cc1cccs1)C1CC1. The predicted octanol–water partition coefficient (Wildman–Crippen LogP) is 3.35. The van der Waals surface area contributed by atoms with Crippen molar-refractivity contribution in [1.82, 2.24) is 10.2 Å². The van der Waals surface area contributed by atoms with E-state index in [1.165, 1.54) is 4.88 Å². The summed E-state index contributed by atoms with van der Waals surface area (Å²) in [6, 6.07) is 10.2. The Morgan fingerprint density at radius 1 is 1.26 bits per heavy atom. The zero-order chi connectivity index (χ0) is 15.6. The molecule has 2 aliphatic rings. The summed E-state index contributed by atoms with van der Waals surface area (Å²) in [5.41, 5.74) is 1.01.